The Kier molecular flexibility index (Phi) is 4.64. The molecule has 21 heavy (non-hydrogen) atoms. The molecule has 118 valence electrons. The van der Waals surface area contributed by atoms with Crippen molar-refractivity contribution < 1.29 is 22.8 Å². The zero-order valence-electron chi connectivity index (χ0n) is 12.0. The standard InChI is InChI=1S/C12H19N3O5S/c1-9-8-11(20-13-9)10-4-3-6-15(10)21(18,19)14(2)7-5-12(16)17/h8,10H,3-7H2,1-2H3,(H,16,17). The summed E-state index contributed by atoms with van der Waals surface area (Å²) in [6, 6.07) is 1.36. The van der Waals surface area contributed by atoms with Gasteiger partial charge in [0.05, 0.1) is 18.2 Å². The van der Waals surface area contributed by atoms with Crippen LogP contribution in [0.5, 0.6) is 0 Å². The van der Waals surface area contributed by atoms with Crippen molar-refractivity contribution in [2.45, 2.75) is 32.2 Å². The lowest BCUT2D eigenvalue weighted by molar-refractivity contribution is -0.137. The van der Waals surface area contributed by atoms with Crippen LogP contribution in [0.3, 0.4) is 0 Å². The van der Waals surface area contributed by atoms with Crippen molar-refractivity contribution in [1.29, 1.82) is 0 Å². The first-order valence-corrected chi connectivity index (χ1v) is 8.10. The second-order valence-corrected chi connectivity index (χ2v) is 7.10. The van der Waals surface area contributed by atoms with Gasteiger partial charge in [0, 0.05) is 26.2 Å². The van der Waals surface area contributed by atoms with Gasteiger partial charge in [-0.25, -0.2) is 0 Å². The topological polar surface area (TPSA) is 104 Å². The van der Waals surface area contributed by atoms with E-state index in [-0.39, 0.29) is 19.0 Å². The Hall–Kier alpha value is -1.45. The Morgan fingerprint density at radius 2 is 2.33 bits per heavy atom. The van der Waals surface area contributed by atoms with Crippen molar-refractivity contribution in [2.24, 2.45) is 0 Å². The molecular weight excluding hydrogens is 298 g/mol. The van der Waals surface area contributed by atoms with Gasteiger partial charge in [-0.15, -0.1) is 0 Å². The average molecular weight is 317 g/mol. The molecule has 1 aromatic heterocycles. The molecule has 2 rings (SSSR count). The molecule has 1 aromatic rings. The molecule has 1 aliphatic rings. The highest BCUT2D eigenvalue weighted by atomic mass is 32.2. The Labute approximate surface area is 123 Å². The lowest BCUT2D eigenvalue weighted by Gasteiger charge is -2.27. The lowest BCUT2D eigenvalue weighted by Crippen LogP contribution is -2.42. The lowest BCUT2D eigenvalue weighted by atomic mass is 10.2. The largest absolute Gasteiger partial charge is 0.481 e. The Balaban J connectivity index is 2.16. The molecule has 0 bridgehead atoms. The van der Waals surface area contributed by atoms with Gasteiger partial charge in [0.15, 0.2) is 5.76 Å². The number of rotatable bonds is 6. The van der Waals surface area contributed by atoms with Gasteiger partial charge in [0.25, 0.3) is 10.2 Å². The average Bonchev–Trinajstić information content (AvgIpc) is 3.03. The third-order valence-corrected chi connectivity index (χ3v) is 5.51. The fourth-order valence-electron chi connectivity index (χ4n) is 2.39. The second kappa shape index (κ2) is 6.12. The highest BCUT2D eigenvalue weighted by molar-refractivity contribution is 7.86. The van der Waals surface area contributed by atoms with Crippen LogP contribution in [0.15, 0.2) is 10.6 Å². The molecule has 1 fully saturated rings. The van der Waals surface area contributed by atoms with Crippen LogP contribution in [0.25, 0.3) is 0 Å². The van der Waals surface area contributed by atoms with Crippen molar-refractivity contribution >= 4 is 16.2 Å². The van der Waals surface area contributed by atoms with Crippen molar-refractivity contribution in [3.8, 4) is 0 Å². The van der Waals surface area contributed by atoms with Gasteiger partial charge in [-0.3, -0.25) is 4.79 Å². The van der Waals surface area contributed by atoms with Gasteiger partial charge in [-0.1, -0.05) is 5.16 Å². The van der Waals surface area contributed by atoms with Crippen molar-refractivity contribution in [3.63, 3.8) is 0 Å². The Morgan fingerprint density at radius 3 is 2.90 bits per heavy atom. The number of aliphatic carboxylic acids is 1. The van der Waals surface area contributed by atoms with Gasteiger partial charge in [0.1, 0.15) is 0 Å². The molecule has 1 aliphatic heterocycles. The molecule has 8 nitrogen and oxygen atoms in total. The highest BCUT2D eigenvalue weighted by Gasteiger charge is 2.39. The van der Waals surface area contributed by atoms with Crippen LogP contribution >= 0.6 is 0 Å². The quantitative estimate of drug-likeness (QED) is 0.831. The third kappa shape index (κ3) is 3.42. The number of carbonyl (C=O) groups is 1. The van der Waals surface area contributed by atoms with Crippen LogP contribution in [0.2, 0.25) is 0 Å². The summed E-state index contributed by atoms with van der Waals surface area (Å²) in [4.78, 5) is 10.6. The maximum Gasteiger partial charge on any atom is 0.304 e. The summed E-state index contributed by atoms with van der Waals surface area (Å²) in [7, 11) is -2.32. The van der Waals surface area contributed by atoms with Crippen molar-refractivity contribution in [3.05, 3.63) is 17.5 Å². The first-order chi connectivity index (χ1) is 9.82. The number of nitrogens with zero attached hydrogens (tertiary/aromatic N) is 3. The fraction of sp³-hybridized carbons (Fsp3) is 0.667. The number of hydrogen-bond acceptors (Lipinski definition) is 5. The van der Waals surface area contributed by atoms with E-state index in [1.54, 1.807) is 13.0 Å². The molecule has 0 spiro atoms. The molecule has 0 radical (unpaired) electrons. The van der Waals surface area contributed by atoms with E-state index in [1.807, 2.05) is 0 Å². The zero-order valence-corrected chi connectivity index (χ0v) is 12.8. The Bertz CT molecular complexity index is 612. The summed E-state index contributed by atoms with van der Waals surface area (Å²) in [5.41, 5.74) is 0.702. The molecule has 0 saturated carbocycles. The van der Waals surface area contributed by atoms with E-state index in [9.17, 15) is 13.2 Å². The minimum atomic E-state index is -3.71. The zero-order chi connectivity index (χ0) is 15.6. The molecule has 0 aliphatic carbocycles. The Morgan fingerprint density at radius 1 is 1.62 bits per heavy atom. The fourth-order valence-corrected chi connectivity index (χ4v) is 3.96. The minimum Gasteiger partial charge on any atom is -0.481 e. The third-order valence-electron chi connectivity index (χ3n) is 3.51. The minimum absolute atomic E-state index is 0.0592. The summed E-state index contributed by atoms with van der Waals surface area (Å²) < 4.78 is 32.7. The first kappa shape index (κ1) is 15.9. The smallest absolute Gasteiger partial charge is 0.304 e. The van der Waals surface area contributed by atoms with Gasteiger partial charge in [-0.05, 0) is 19.8 Å². The molecule has 0 aromatic carbocycles. The van der Waals surface area contributed by atoms with Crippen LogP contribution in [-0.2, 0) is 15.0 Å². The van der Waals surface area contributed by atoms with E-state index in [4.69, 9.17) is 9.63 Å². The monoisotopic (exact) mass is 317 g/mol. The molecule has 2 heterocycles. The van der Waals surface area contributed by atoms with Crippen molar-refractivity contribution in [1.82, 2.24) is 13.8 Å². The van der Waals surface area contributed by atoms with Gasteiger partial charge < -0.3 is 9.63 Å². The number of carboxylic acid groups (broad SMARTS) is 1. The van der Waals surface area contributed by atoms with E-state index in [0.29, 0.717) is 24.4 Å². The van der Waals surface area contributed by atoms with Crippen LogP contribution < -0.4 is 0 Å². The summed E-state index contributed by atoms with van der Waals surface area (Å²) in [5, 5.41) is 12.5. The number of hydrogen-bond donors (Lipinski definition) is 1. The van der Waals surface area contributed by atoms with Crippen LogP contribution in [0, 0.1) is 6.92 Å². The van der Waals surface area contributed by atoms with E-state index in [0.717, 1.165) is 10.7 Å². The highest BCUT2D eigenvalue weighted by Crippen LogP contribution is 2.35. The molecular formula is C12H19N3O5S. The maximum atomic E-state index is 12.5. The SMILES string of the molecule is Cc1cc(C2CCCN2S(=O)(=O)N(C)CCC(=O)O)on1. The van der Waals surface area contributed by atoms with E-state index in [1.165, 1.54) is 11.4 Å². The molecule has 9 heteroatoms. The summed E-state index contributed by atoms with van der Waals surface area (Å²) >= 11 is 0. The number of carboxylic acids is 1. The summed E-state index contributed by atoms with van der Waals surface area (Å²) in [6.45, 7) is 2.11. The normalized spacial score (nSPS) is 20.2. The summed E-state index contributed by atoms with van der Waals surface area (Å²) in [5.74, 6) is -0.499. The van der Waals surface area contributed by atoms with E-state index in [2.05, 4.69) is 5.16 Å². The molecule has 1 atom stereocenters. The number of aromatic nitrogens is 1. The van der Waals surface area contributed by atoms with Crippen LogP contribution in [0.4, 0.5) is 0 Å². The predicted octanol–water partition coefficient (Wildman–Crippen LogP) is 0.771. The van der Waals surface area contributed by atoms with E-state index >= 15 is 0 Å². The maximum absolute atomic E-state index is 12.5. The van der Waals surface area contributed by atoms with Gasteiger partial charge in [0.2, 0.25) is 0 Å². The molecule has 0 amide bonds. The second-order valence-electron chi connectivity index (χ2n) is 5.11. The van der Waals surface area contributed by atoms with Crippen molar-refractivity contribution in [2.75, 3.05) is 20.1 Å². The van der Waals surface area contributed by atoms with Gasteiger partial charge in [-0.2, -0.15) is 17.0 Å². The van der Waals surface area contributed by atoms with Crippen LogP contribution in [-0.4, -0.2) is 53.4 Å². The predicted molar refractivity (Wildman–Crippen MR) is 73.7 cm³/mol. The van der Waals surface area contributed by atoms with E-state index < -0.39 is 16.2 Å². The first-order valence-electron chi connectivity index (χ1n) is 6.70. The molecule has 1 N–H and O–H groups in total. The molecule has 1 saturated heterocycles. The summed E-state index contributed by atoms with van der Waals surface area (Å²) in [6.07, 6.45) is 1.17. The van der Waals surface area contributed by atoms with Crippen LogP contribution in [0.1, 0.15) is 36.8 Å². The van der Waals surface area contributed by atoms with Gasteiger partial charge >= 0.3 is 5.97 Å². The molecule has 1 unspecified atom stereocenters. The number of aryl methyl sites for hydroxylation is 1.